The van der Waals surface area contributed by atoms with E-state index in [1.165, 1.54) is 17.6 Å². The second kappa shape index (κ2) is 11.3. The Morgan fingerprint density at radius 1 is 0.930 bits per heavy atom. The van der Waals surface area contributed by atoms with Gasteiger partial charge in [0.2, 0.25) is 0 Å². The highest BCUT2D eigenvalue weighted by Gasteiger charge is 2.40. The number of nitrogens with zero attached hydrogens (tertiary/aromatic N) is 4. The molecule has 2 fully saturated rings. The molecular formula is C33H34F4N4O2. The molecule has 0 saturated carbocycles. The van der Waals surface area contributed by atoms with E-state index >= 15 is 0 Å². The Kier molecular flexibility index (Phi) is 7.64. The maximum absolute atomic E-state index is 13.6. The van der Waals surface area contributed by atoms with Crippen LogP contribution < -0.4 is 4.90 Å². The van der Waals surface area contributed by atoms with Gasteiger partial charge in [-0.05, 0) is 97.5 Å². The van der Waals surface area contributed by atoms with Crippen LogP contribution in [0.5, 0.6) is 0 Å². The van der Waals surface area contributed by atoms with Gasteiger partial charge in [-0.25, -0.2) is 4.39 Å². The van der Waals surface area contributed by atoms with Gasteiger partial charge in [-0.1, -0.05) is 6.07 Å². The molecule has 2 aliphatic heterocycles. The van der Waals surface area contributed by atoms with E-state index in [1.807, 2.05) is 41.6 Å². The molecule has 6 rings (SSSR count). The van der Waals surface area contributed by atoms with E-state index in [4.69, 9.17) is 0 Å². The number of aryl methyl sites for hydroxylation is 1. The van der Waals surface area contributed by atoms with Crippen LogP contribution in [0, 0.1) is 11.2 Å². The summed E-state index contributed by atoms with van der Waals surface area (Å²) < 4.78 is 54.5. The lowest BCUT2D eigenvalue weighted by molar-refractivity contribution is -0.138. The van der Waals surface area contributed by atoms with E-state index in [-0.39, 0.29) is 11.3 Å². The molecule has 226 valence electrons. The predicted octanol–water partition coefficient (Wildman–Crippen LogP) is 6.52. The summed E-state index contributed by atoms with van der Waals surface area (Å²) >= 11 is 0. The molecule has 0 N–H and O–H groups in total. The minimum Gasteiger partial charge on any atom is -0.371 e. The van der Waals surface area contributed by atoms with E-state index < -0.39 is 35.1 Å². The number of carbonyl (C=O) groups excluding carboxylic acids is 2. The summed E-state index contributed by atoms with van der Waals surface area (Å²) in [6.07, 6.45) is 4.01. The van der Waals surface area contributed by atoms with E-state index in [9.17, 15) is 27.2 Å². The number of hydrogen-bond acceptors (Lipinski definition) is 4. The third-order valence-corrected chi connectivity index (χ3v) is 9.71. The number of piperidine rings is 2. The zero-order valence-corrected chi connectivity index (χ0v) is 24.0. The Hall–Kier alpha value is -3.95. The van der Waals surface area contributed by atoms with Gasteiger partial charge < -0.3 is 14.7 Å². The van der Waals surface area contributed by atoms with Crippen molar-refractivity contribution >= 4 is 17.5 Å². The number of pyridine rings is 1. The van der Waals surface area contributed by atoms with Crippen molar-refractivity contribution in [3.8, 4) is 0 Å². The van der Waals surface area contributed by atoms with Crippen LogP contribution in [0.1, 0.15) is 75.6 Å². The number of hydrogen-bond donors (Lipinski definition) is 0. The Balaban J connectivity index is 1.12. The minimum atomic E-state index is -4.87. The highest BCUT2D eigenvalue weighted by molar-refractivity contribution is 5.97. The van der Waals surface area contributed by atoms with Crippen LogP contribution in [0.2, 0.25) is 0 Å². The van der Waals surface area contributed by atoms with Gasteiger partial charge in [0.1, 0.15) is 5.82 Å². The highest BCUT2D eigenvalue weighted by Crippen LogP contribution is 2.43. The van der Waals surface area contributed by atoms with Crippen LogP contribution >= 0.6 is 0 Å². The first kappa shape index (κ1) is 29.1. The van der Waals surface area contributed by atoms with Crippen LogP contribution in [-0.2, 0) is 12.6 Å². The molecule has 0 radical (unpaired) electrons. The van der Waals surface area contributed by atoms with E-state index in [1.54, 1.807) is 6.07 Å². The molecule has 10 heteroatoms. The molecule has 3 aromatic rings. The van der Waals surface area contributed by atoms with Crippen molar-refractivity contribution in [3.05, 3.63) is 94.6 Å². The van der Waals surface area contributed by atoms with E-state index in [2.05, 4.69) is 9.88 Å². The monoisotopic (exact) mass is 594 g/mol. The lowest BCUT2D eigenvalue weighted by Gasteiger charge is -2.47. The summed E-state index contributed by atoms with van der Waals surface area (Å²) in [6, 6.07) is 11.2. The molecule has 2 aromatic carbocycles. The van der Waals surface area contributed by atoms with Crippen molar-refractivity contribution in [3.63, 3.8) is 0 Å². The number of amides is 2. The summed E-state index contributed by atoms with van der Waals surface area (Å²) in [5.74, 6) is -1.96. The maximum Gasteiger partial charge on any atom is 0.417 e. The molecule has 1 spiro atoms. The van der Waals surface area contributed by atoms with E-state index in [0.29, 0.717) is 37.6 Å². The van der Waals surface area contributed by atoms with Crippen molar-refractivity contribution < 1.29 is 27.2 Å². The molecule has 1 aromatic heterocycles. The lowest BCUT2D eigenvalue weighted by Crippen LogP contribution is -2.48. The minimum absolute atomic E-state index is 0.0654. The van der Waals surface area contributed by atoms with Gasteiger partial charge in [0.25, 0.3) is 11.8 Å². The molecule has 2 saturated heterocycles. The second-order valence-corrected chi connectivity index (χ2v) is 12.1. The fourth-order valence-electron chi connectivity index (χ4n) is 7.05. The Morgan fingerprint density at radius 2 is 1.60 bits per heavy atom. The fraction of sp³-hybridized carbons (Fsp3) is 0.424. The first-order valence-electron chi connectivity index (χ1n) is 14.8. The summed E-state index contributed by atoms with van der Waals surface area (Å²) in [4.78, 5) is 36.5. The Labute approximate surface area is 248 Å². The predicted molar refractivity (Wildman–Crippen MR) is 154 cm³/mol. The molecule has 3 aliphatic rings. The molecule has 1 unspecified atom stereocenters. The second-order valence-electron chi connectivity index (χ2n) is 12.1. The van der Waals surface area contributed by atoms with Crippen molar-refractivity contribution in [1.29, 1.82) is 0 Å². The van der Waals surface area contributed by atoms with Crippen LogP contribution in [0.4, 0.5) is 23.2 Å². The van der Waals surface area contributed by atoms with E-state index in [0.717, 1.165) is 62.0 Å². The average molecular weight is 595 g/mol. The Bertz CT molecular complexity index is 1510. The molecule has 43 heavy (non-hydrogen) atoms. The van der Waals surface area contributed by atoms with Gasteiger partial charge >= 0.3 is 6.18 Å². The third kappa shape index (κ3) is 5.71. The third-order valence-electron chi connectivity index (χ3n) is 9.71. The first-order valence-corrected chi connectivity index (χ1v) is 14.8. The van der Waals surface area contributed by atoms with Gasteiger partial charge in [-0.3, -0.25) is 14.6 Å². The number of carbonyl (C=O) groups is 2. The molecule has 2 amide bonds. The molecule has 6 nitrogen and oxygen atoms in total. The number of fused-ring (bicyclic) bond motifs is 1. The number of likely N-dealkylation sites (tertiary alicyclic amines) is 1. The number of halogens is 4. The molecule has 1 atom stereocenters. The van der Waals surface area contributed by atoms with Crippen LogP contribution in [0.15, 0.2) is 60.9 Å². The number of aromatic nitrogens is 1. The quantitative estimate of drug-likeness (QED) is 0.323. The topological polar surface area (TPSA) is 56.8 Å². The lowest BCUT2D eigenvalue weighted by atomic mass is 9.71. The van der Waals surface area contributed by atoms with Gasteiger partial charge in [0.15, 0.2) is 0 Å². The van der Waals surface area contributed by atoms with Gasteiger partial charge in [-0.15, -0.1) is 0 Å². The van der Waals surface area contributed by atoms with Crippen molar-refractivity contribution in [1.82, 2.24) is 14.8 Å². The zero-order valence-electron chi connectivity index (χ0n) is 24.0. The molecule has 3 heterocycles. The van der Waals surface area contributed by atoms with Gasteiger partial charge in [-0.2, -0.15) is 13.2 Å². The van der Waals surface area contributed by atoms with Crippen LogP contribution in [-0.4, -0.2) is 59.8 Å². The number of alkyl halides is 3. The number of benzene rings is 2. The molecule has 1 aliphatic carbocycles. The van der Waals surface area contributed by atoms with Crippen molar-refractivity contribution in [2.45, 2.75) is 50.7 Å². The van der Waals surface area contributed by atoms with Crippen LogP contribution in [0.3, 0.4) is 0 Å². The van der Waals surface area contributed by atoms with Crippen LogP contribution in [0.25, 0.3) is 0 Å². The summed E-state index contributed by atoms with van der Waals surface area (Å²) in [5.41, 5.74) is 1.81. The molecule has 0 bridgehead atoms. The largest absolute Gasteiger partial charge is 0.417 e. The summed E-state index contributed by atoms with van der Waals surface area (Å²) in [6.45, 7) is 3.33. The summed E-state index contributed by atoms with van der Waals surface area (Å²) in [5, 5.41) is 0. The van der Waals surface area contributed by atoms with Crippen molar-refractivity contribution in [2.24, 2.45) is 5.41 Å². The summed E-state index contributed by atoms with van der Waals surface area (Å²) in [7, 11) is 1.46. The average Bonchev–Trinajstić information content (AvgIpc) is 3.44. The maximum atomic E-state index is 13.6. The number of rotatable bonds is 4. The van der Waals surface area contributed by atoms with Gasteiger partial charge in [0, 0.05) is 56.9 Å². The Morgan fingerprint density at radius 3 is 2.28 bits per heavy atom. The normalized spacial score (nSPS) is 19.8. The standard InChI is InChI=1S/C33H34F4N4O2/c1-39(31(43)26-6-5-24(34)21-28(26)33(35,36)37)29-7-4-22-2-3-23(20-27(22)29)30(42)41-18-12-32(13-19-41)10-16-40(17-11-32)25-8-14-38-15-9-25/h2-3,5-6,8-9,14-15,20-21,29H,4,7,10-13,16-19H2,1H3. The molecular weight excluding hydrogens is 560 g/mol. The van der Waals surface area contributed by atoms with Gasteiger partial charge in [0.05, 0.1) is 17.2 Å². The first-order chi connectivity index (χ1) is 20.5. The SMILES string of the molecule is CN(C(=O)c1ccc(F)cc1C(F)(F)F)C1CCc2ccc(C(=O)N3CCC4(CC3)CCN(c3ccncc3)CC4)cc21. The highest BCUT2D eigenvalue weighted by atomic mass is 19.4. The zero-order chi connectivity index (χ0) is 30.4. The fourth-order valence-corrected chi connectivity index (χ4v) is 7.05. The van der Waals surface area contributed by atoms with Crippen molar-refractivity contribution in [2.75, 3.05) is 38.1 Å². The smallest absolute Gasteiger partial charge is 0.371 e. The number of anilines is 1.